The molecule has 1 aliphatic rings. The standard InChI is InChI=1S/C13H24O3/c1-6-7-8-13(5)9-10(14)15-11(16-13)12(2,3)4/h11H,6-9H2,1-5H3/t11-,13?/m0/s1. The zero-order valence-corrected chi connectivity index (χ0v) is 11.1. The highest BCUT2D eigenvalue weighted by atomic mass is 16.7. The molecule has 0 saturated carbocycles. The smallest absolute Gasteiger partial charge is 0.311 e. The molecule has 1 saturated heterocycles. The van der Waals surface area contributed by atoms with Crippen molar-refractivity contribution < 1.29 is 14.3 Å². The second kappa shape index (κ2) is 4.74. The topological polar surface area (TPSA) is 35.5 Å². The van der Waals surface area contributed by atoms with Crippen molar-refractivity contribution >= 4 is 5.97 Å². The number of unbranched alkanes of at least 4 members (excludes halogenated alkanes) is 1. The SMILES string of the molecule is CCCCC1(C)CC(=O)O[C@H](C(C)(C)C)O1. The van der Waals surface area contributed by atoms with Crippen molar-refractivity contribution in [1.82, 2.24) is 0 Å². The normalized spacial score (nSPS) is 31.3. The molecule has 2 atom stereocenters. The number of esters is 1. The second-order valence-corrected chi connectivity index (χ2v) is 6.04. The van der Waals surface area contributed by atoms with E-state index in [0.29, 0.717) is 6.42 Å². The molecule has 0 amide bonds. The van der Waals surface area contributed by atoms with Crippen molar-refractivity contribution in [1.29, 1.82) is 0 Å². The lowest BCUT2D eigenvalue weighted by Gasteiger charge is -2.42. The monoisotopic (exact) mass is 228 g/mol. The summed E-state index contributed by atoms with van der Waals surface area (Å²) in [5, 5.41) is 0. The van der Waals surface area contributed by atoms with Crippen LogP contribution in [0.3, 0.4) is 0 Å². The van der Waals surface area contributed by atoms with Gasteiger partial charge in [0, 0.05) is 5.41 Å². The quantitative estimate of drug-likeness (QED) is 0.695. The van der Waals surface area contributed by atoms with Gasteiger partial charge in [-0.05, 0) is 13.3 Å². The van der Waals surface area contributed by atoms with Crippen LogP contribution in [0.4, 0.5) is 0 Å². The van der Waals surface area contributed by atoms with Crippen molar-refractivity contribution in [2.24, 2.45) is 5.41 Å². The second-order valence-electron chi connectivity index (χ2n) is 6.04. The molecule has 0 aromatic heterocycles. The van der Waals surface area contributed by atoms with E-state index < -0.39 is 6.29 Å². The van der Waals surface area contributed by atoms with E-state index in [4.69, 9.17) is 9.47 Å². The third kappa shape index (κ3) is 3.48. The Bertz CT molecular complexity index is 254. The lowest BCUT2D eigenvalue weighted by molar-refractivity contribution is -0.270. The van der Waals surface area contributed by atoms with E-state index in [1.165, 1.54) is 0 Å². The summed E-state index contributed by atoms with van der Waals surface area (Å²) in [4.78, 5) is 11.6. The maximum absolute atomic E-state index is 11.6. The highest BCUT2D eigenvalue weighted by molar-refractivity contribution is 5.71. The van der Waals surface area contributed by atoms with Crippen molar-refractivity contribution in [2.45, 2.75) is 72.2 Å². The van der Waals surface area contributed by atoms with E-state index in [9.17, 15) is 4.79 Å². The van der Waals surface area contributed by atoms with Crippen LogP contribution in [0.15, 0.2) is 0 Å². The summed E-state index contributed by atoms with van der Waals surface area (Å²) in [5.41, 5.74) is -0.507. The summed E-state index contributed by atoms with van der Waals surface area (Å²) in [5.74, 6) is -0.134. The molecule has 3 nitrogen and oxygen atoms in total. The minimum absolute atomic E-state index is 0.134. The van der Waals surface area contributed by atoms with Gasteiger partial charge in [0.15, 0.2) is 0 Å². The third-order valence-corrected chi connectivity index (χ3v) is 2.91. The largest absolute Gasteiger partial charge is 0.435 e. The maximum atomic E-state index is 11.6. The van der Waals surface area contributed by atoms with Crippen molar-refractivity contribution in [2.75, 3.05) is 0 Å². The van der Waals surface area contributed by atoms with E-state index in [1.54, 1.807) is 0 Å². The minimum Gasteiger partial charge on any atom is -0.435 e. The summed E-state index contributed by atoms with van der Waals surface area (Å²) in [6, 6.07) is 0. The molecule has 0 aromatic rings. The molecule has 16 heavy (non-hydrogen) atoms. The molecule has 1 rings (SSSR count). The first-order valence-corrected chi connectivity index (χ1v) is 6.14. The fraction of sp³-hybridized carbons (Fsp3) is 0.923. The molecule has 1 fully saturated rings. The number of ether oxygens (including phenoxy) is 2. The molecule has 94 valence electrons. The van der Waals surface area contributed by atoms with Crippen molar-refractivity contribution in [3.63, 3.8) is 0 Å². The Hall–Kier alpha value is -0.570. The number of carbonyl (C=O) groups is 1. The van der Waals surface area contributed by atoms with Gasteiger partial charge in [0.05, 0.1) is 12.0 Å². The summed E-state index contributed by atoms with van der Waals surface area (Å²) in [7, 11) is 0. The van der Waals surface area contributed by atoms with Gasteiger partial charge in [0.1, 0.15) is 0 Å². The predicted octanol–water partition coefficient (Wildman–Crippen LogP) is 3.27. The highest BCUT2D eigenvalue weighted by Crippen LogP contribution is 2.36. The third-order valence-electron chi connectivity index (χ3n) is 2.91. The highest BCUT2D eigenvalue weighted by Gasteiger charge is 2.42. The van der Waals surface area contributed by atoms with Crippen molar-refractivity contribution in [3.05, 3.63) is 0 Å². The average Bonchev–Trinajstić information content (AvgIpc) is 2.12. The zero-order valence-electron chi connectivity index (χ0n) is 11.1. The van der Waals surface area contributed by atoms with Crippen LogP contribution in [0, 0.1) is 5.41 Å². The molecular formula is C13H24O3. The Labute approximate surface area is 98.5 Å². The average molecular weight is 228 g/mol. The van der Waals surface area contributed by atoms with Gasteiger partial charge >= 0.3 is 5.97 Å². The first kappa shape index (κ1) is 13.5. The van der Waals surface area contributed by atoms with Gasteiger partial charge in [-0.1, -0.05) is 40.5 Å². The maximum Gasteiger partial charge on any atom is 0.311 e. The Morgan fingerprint density at radius 2 is 2.06 bits per heavy atom. The van der Waals surface area contributed by atoms with Crippen LogP contribution in [0.25, 0.3) is 0 Å². The zero-order chi connectivity index (χ0) is 12.4. The number of cyclic esters (lactones) is 1. The van der Waals surface area contributed by atoms with Gasteiger partial charge in [0.2, 0.25) is 6.29 Å². The molecule has 0 radical (unpaired) electrons. The van der Waals surface area contributed by atoms with E-state index >= 15 is 0 Å². The summed E-state index contributed by atoms with van der Waals surface area (Å²) in [6.45, 7) is 10.2. The van der Waals surface area contributed by atoms with Gasteiger partial charge in [-0.15, -0.1) is 0 Å². The first-order chi connectivity index (χ1) is 7.27. The Balaban J connectivity index is 2.70. The van der Waals surface area contributed by atoms with Gasteiger partial charge in [-0.3, -0.25) is 4.79 Å². The summed E-state index contributed by atoms with van der Waals surface area (Å²) < 4.78 is 11.2. The predicted molar refractivity (Wildman–Crippen MR) is 63.0 cm³/mol. The number of hydrogen-bond donors (Lipinski definition) is 0. The van der Waals surface area contributed by atoms with Gasteiger partial charge in [-0.25, -0.2) is 0 Å². The van der Waals surface area contributed by atoms with Crippen LogP contribution >= 0.6 is 0 Å². The summed E-state index contributed by atoms with van der Waals surface area (Å²) in [6.07, 6.45) is 3.08. The fourth-order valence-electron chi connectivity index (χ4n) is 1.84. The van der Waals surface area contributed by atoms with Gasteiger partial charge in [-0.2, -0.15) is 0 Å². The van der Waals surface area contributed by atoms with Gasteiger partial charge < -0.3 is 9.47 Å². The molecule has 0 bridgehead atoms. The number of rotatable bonds is 3. The lowest BCUT2D eigenvalue weighted by atomic mass is 9.90. The molecule has 1 unspecified atom stereocenters. The molecule has 0 spiro atoms. The molecule has 0 N–H and O–H groups in total. The van der Waals surface area contributed by atoms with Crippen LogP contribution < -0.4 is 0 Å². The molecular weight excluding hydrogens is 204 g/mol. The van der Waals surface area contributed by atoms with Crippen LogP contribution in [-0.4, -0.2) is 17.9 Å². The molecule has 3 heteroatoms. The number of hydrogen-bond acceptors (Lipinski definition) is 3. The van der Waals surface area contributed by atoms with E-state index in [0.717, 1.165) is 19.3 Å². The molecule has 0 aromatic carbocycles. The minimum atomic E-state index is -0.421. The van der Waals surface area contributed by atoms with Crippen LogP contribution in [0.5, 0.6) is 0 Å². The first-order valence-electron chi connectivity index (χ1n) is 6.14. The fourth-order valence-corrected chi connectivity index (χ4v) is 1.84. The Kier molecular flexibility index (Phi) is 4.00. The molecule has 1 aliphatic heterocycles. The van der Waals surface area contributed by atoms with E-state index in [-0.39, 0.29) is 17.0 Å². The van der Waals surface area contributed by atoms with Gasteiger partial charge in [0.25, 0.3) is 0 Å². The number of carbonyl (C=O) groups excluding carboxylic acids is 1. The molecule has 0 aliphatic carbocycles. The van der Waals surface area contributed by atoms with E-state index in [2.05, 4.69) is 6.92 Å². The van der Waals surface area contributed by atoms with E-state index in [1.807, 2.05) is 27.7 Å². The lowest BCUT2D eigenvalue weighted by Crippen LogP contribution is -2.48. The summed E-state index contributed by atoms with van der Waals surface area (Å²) >= 11 is 0. The Morgan fingerprint density at radius 3 is 2.56 bits per heavy atom. The Morgan fingerprint density at radius 1 is 1.44 bits per heavy atom. The molecule has 1 heterocycles. The van der Waals surface area contributed by atoms with Crippen LogP contribution in [0.2, 0.25) is 0 Å². The van der Waals surface area contributed by atoms with Crippen LogP contribution in [0.1, 0.15) is 60.3 Å². The van der Waals surface area contributed by atoms with Crippen molar-refractivity contribution in [3.8, 4) is 0 Å². The van der Waals surface area contributed by atoms with Crippen LogP contribution in [-0.2, 0) is 14.3 Å².